The minimum absolute atomic E-state index is 0.318. The van der Waals surface area contributed by atoms with Crippen LogP contribution >= 0.6 is 0 Å². The van der Waals surface area contributed by atoms with Crippen molar-refractivity contribution in [2.45, 2.75) is 13.0 Å². The number of hydrogen-bond donors (Lipinski definition) is 2. The molecule has 0 radical (unpaired) electrons. The van der Waals surface area contributed by atoms with Gasteiger partial charge in [0.1, 0.15) is 0 Å². The number of aromatic amines is 1. The summed E-state index contributed by atoms with van der Waals surface area (Å²) in [6.45, 7) is 1.40. The van der Waals surface area contributed by atoms with Crippen LogP contribution in [0.3, 0.4) is 0 Å². The highest BCUT2D eigenvalue weighted by Gasteiger charge is 2.23. The minimum atomic E-state index is -2.09. The van der Waals surface area contributed by atoms with Crippen LogP contribution in [-0.2, 0) is 29.0 Å². The Morgan fingerprint density at radius 3 is 2.68 bits per heavy atom. The molecular weight excluding hydrogens is 454 g/mol. The van der Waals surface area contributed by atoms with Gasteiger partial charge < -0.3 is 14.6 Å². The number of methoxy groups -OCH3 is 1. The van der Waals surface area contributed by atoms with Crippen molar-refractivity contribution in [2.24, 2.45) is 0 Å². The maximum absolute atomic E-state index is 11.7. The molecule has 0 saturated carbocycles. The van der Waals surface area contributed by atoms with Crippen LogP contribution in [0.1, 0.15) is 21.6 Å². The van der Waals surface area contributed by atoms with Crippen molar-refractivity contribution in [3.05, 3.63) is 71.7 Å². The van der Waals surface area contributed by atoms with Gasteiger partial charge in [0.25, 0.3) is 11.3 Å². The van der Waals surface area contributed by atoms with E-state index in [0.29, 0.717) is 23.7 Å². The Balaban J connectivity index is 1.47. The Labute approximate surface area is 198 Å². The first-order chi connectivity index (χ1) is 16.4. The first-order valence-corrected chi connectivity index (χ1v) is 11.7. The third-order valence-electron chi connectivity index (χ3n) is 6.09. The second-order valence-electron chi connectivity index (χ2n) is 8.06. The predicted molar refractivity (Wildman–Crippen MR) is 131 cm³/mol. The molecule has 0 saturated heterocycles. The van der Waals surface area contributed by atoms with E-state index in [4.69, 9.17) is 4.74 Å². The van der Waals surface area contributed by atoms with E-state index in [0.717, 1.165) is 35.0 Å². The van der Waals surface area contributed by atoms with Gasteiger partial charge in [-0.3, -0.25) is 8.86 Å². The fraction of sp³-hybridized carbons (Fsp3) is 0.208. The number of H-pyrrole nitrogens is 1. The van der Waals surface area contributed by atoms with E-state index in [1.807, 2.05) is 24.3 Å². The highest BCUT2D eigenvalue weighted by molar-refractivity contribution is 7.80. The van der Waals surface area contributed by atoms with Crippen molar-refractivity contribution in [1.82, 2.24) is 15.0 Å². The summed E-state index contributed by atoms with van der Waals surface area (Å²) in [6.07, 6.45) is 3.80. The molecule has 2 aromatic heterocycles. The summed E-state index contributed by atoms with van der Waals surface area (Å²) in [6, 6.07) is 13.8. The average molecular weight is 478 g/mol. The number of carbonyl (C=O) groups excluding carboxylic acids is 1. The zero-order chi connectivity index (χ0) is 23.8. The summed E-state index contributed by atoms with van der Waals surface area (Å²) in [5, 5.41) is 1.12. The molecule has 9 nitrogen and oxygen atoms in total. The number of nitrogens with zero attached hydrogens (tertiary/aromatic N) is 4. The third kappa shape index (κ3) is 4.02. The molecule has 10 heteroatoms. The van der Waals surface area contributed by atoms with Gasteiger partial charge in [-0.05, 0) is 35.4 Å². The zero-order valence-corrected chi connectivity index (χ0v) is 19.5. The SMILES string of the molecule is COC(=O)c1cnc(N2CCc3[nH]c4ccc(-c5cccc(N(C)S(=O)O)c5)cc4c3C2)nc1. The Bertz CT molecular complexity index is 1400. The number of anilines is 2. The summed E-state index contributed by atoms with van der Waals surface area (Å²) in [4.78, 5) is 26.0. The molecule has 1 aliphatic rings. The van der Waals surface area contributed by atoms with Crippen molar-refractivity contribution in [3.8, 4) is 11.1 Å². The number of nitrogens with one attached hydrogen (secondary N) is 1. The highest BCUT2D eigenvalue weighted by atomic mass is 32.2. The van der Waals surface area contributed by atoms with Gasteiger partial charge in [-0.15, -0.1) is 0 Å². The number of rotatable bonds is 5. The van der Waals surface area contributed by atoms with Crippen LogP contribution in [0.25, 0.3) is 22.0 Å². The summed E-state index contributed by atoms with van der Waals surface area (Å²) in [5.74, 6) is 0.105. The number of aromatic nitrogens is 3. The minimum Gasteiger partial charge on any atom is -0.465 e. The van der Waals surface area contributed by atoms with E-state index in [1.165, 1.54) is 35.1 Å². The molecule has 0 amide bonds. The topological polar surface area (TPSA) is 112 Å². The van der Waals surface area contributed by atoms with Crippen molar-refractivity contribution in [3.63, 3.8) is 0 Å². The summed E-state index contributed by atoms with van der Waals surface area (Å²) in [7, 11) is 2.91. The molecule has 174 valence electrons. The molecule has 1 aliphatic heterocycles. The van der Waals surface area contributed by atoms with E-state index < -0.39 is 17.2 Å². The first-order valence-electron chi connectivity index (χ1n) is 10.7. The lowest BCUT2D eigenvalue weighted by Crippen LogP contribution is -2.31. The standard InChI is InChI=1S/C24H23N5O4S/c1-28(34(31)32)18-5-3-4-15(10-18)16-6-7-21-19(11-16)20-14-29(9-8-22(20)27-21)24-25-12-17(13-26-24)23(30)33-2/h3-7,10-13,27H,8-9,14H2,1-2H3,(H,31,32). The Kier molecular flexibility index (Phi) is 5.76. The molecule has 0 bridgehead atoms. The van der Waals surface area contributed by atoms with Crippen LogP contribution in [0.15, 0.2) is 54.9 Å². The Morgan fingerprint density at radius 1 is 1.18 bits per heavy atom. The summed E-state index contributed by atoms with van der Waals surface area (Å²) >= 11 is -2.09. The second-order valence-corrected chi connectivity index (χ2v) is 9.07. The quantitative estimate of drug-likeness (QED) is 0.334. The predicted octanol–water partition coefficient (Wildman–Crippen LogP) is 3.55. The molecule has 2 N–H and O–H groups in total. The summed E-state index contributed by atoms with van der Waals surface area (Å²) in [5.41, 5.74) is 6.39. The molecule has 5 rings (SSSR count). The number of benzene rings is 2. The zero-order valence-electron chi connectivity index (χ0n) is 18.7. The van der Waals surface area contributed by atoms with E-state index in [9.17, 15) is 13.6 Å². The molecule has 4 aromatic rings. The lowest BCUT2D eigenvalue weighted by molar-refractivity contribution is 0.0599. The molecule has 1 atom stereocenters. The Morgan fingerprint density at radius 2 is 1.94 bits per heavy atom. The van der Waals surface area contributed by atoms with E-state index in [-0.39, 0.29) is 0 Å². The Hall–Kier alpha value is -3.76. The van der Waals surface area contributed by atoms with Gasteiger partial charge in [-0.25, -0.2) is 19.0 Å². The monoisotopic (exact) mass is 477 g/mol. The smallest absolute Gasteiger partial charge is 0.341 e. The third-order valence-corrected chi connectivity index (χ3v) is 6.77. The van der Waals surface area contributed by atoms with Gasteiger partial charge in [0.2, 0.25) is 5.95 Å². The average Bonchev–Trinajstić information content (AvgIpc) is 3.25. The summed E-state index contributed by atoms with van der Waals surface area (Å²) < 4.78 is 26.9. The molecule has 2 aromatic carbocycles. The molecule has 3 heterocycles. The van der Waals surface area contributed by atoms with Gasteiger partial charge in [0.05, 0.1) is 18.4 Å². The van der Waals surface area contributed by atoms with Crippen LogP contribution in [0, 0.1) is 0 Å². The molecule has 0 aliphatic carbocycles. The normalized spacial score (nSPS) is 14.0. The van der Waals surface area contributed by atoms with Gasteiger partial charge >= 0.3 is 5.97 Å². The fourth-order valence-electron chi connectivity index (χ4n) is 4.24. The molecular formula is C24H23N5O4S. The maximum atomic E-state index is 11.7. The fourth-order valence-corrected chi connectivity index (χ4v) is 4.54. The second kappa shape index (κ2) is 8.88. The first kappa shape index (κ1) is 22.1. The molecule has 0 fully saturated rings. The maximum Gasteiger partial charge on any atom is 0.341 e. The lowest BCUT2D eigenvalue weighted by atomic mass is 9.99. The van der Waals surface area contributed by atoms with Gasteiger partial charge in [0, 0.05) is 61.1 Å². The molecule has 1 unspecified atom stereocenters. The van der Waals surface area contributed by atoms with Gasteiger partial charge in [-0.1, -0.05) is 18.2 Å². The van der Waals surface area contributed by atoms with Gasteiger partial charge in [-0.2, -0.15) is 0 Å². The number of fused-ring (bicyclic) bond motifs is 3. The number of hydrogen-bond acceptors (Lipinski definition) is 6. The van der Waals surface area contributed by atoms with Crippen LogP contribution < -0.4 is 9.21 Å². The largest absolute Gasteiger partial charge is 0.465 e. The van der Waals surface area contributed by atoms with E-state index >= 15 is 0 Å². The van der Waals surface area contributed by atoms with Crippen LogP contribution in [-0.4, -0.2) is 50.4 Å². The van der Waals surface area contributed by atoms with Crippen molar-refractivity contribution >= 4 is 39.8 Å². The number of esters is 1. The molecule has 0 spiro atoms. The van der Waals surface area contributed by atoms with Crippen molar-refractivity contribution in [1.29, 1.82) is 0 Å². The van der Waals surface area contributed by atoms with Crippen LogP contribution in [0.4, 0.5) is 11.6 Å². The van der Waals surface area contributed by atoms with E-state index in [2.05, 4.69) is 32.0 Å². The lowest BCUT2D eigenvalue weighted by Gasteiger charge is -2.27. The van der Waals surface area contributed by atoms with Crippen molar-refractivity contribution in [2.75, 3.05) is 29.9 Å². The van der Waals surface area contributed by atoms with Crippen LogP contribution in [0.5, 0.6) is 0 Å². The highest BCUT2D eigenvalue weighted by Crippen LogP contribution is 2.33. The number of carbonyl (C=O) groups is 1. The van der Waals surface area contributed by atoms with Crippen LogP contribution in [0.2, 0.25) is 0 Å². The number of ether oxygens (including phenoxy) is 1. The molecule has 34 heavy (non-hydrogen) atoms. The van der Waals surface area contributed by atoms with Crippen molar-refractivity contribution < 1.29 is 18.3 Å². The van der Waals surface area contributed by atoms with E-state index in [1.54, 1.807) is 13.1 Å². The van der Waals surface area contributed by atoms with Gasteiger partial charge in [0.15, 0.2) is 0 Å².